The maximum atomic E-state index is 5.97. The third-order valence-corrected chi connectivity index (χ3v) is 3.68. The molecule has 0 amide bonds. The van der Waals surface area contributed by atoms with Gasteiger partial charge in [-0.15, -0.1) is 0 Å². The summed E-state index contributed by atoms with van der Waals surface area (Å²) in [6, 6.07) is 5.48. The van der Waals surface area contributed by atoms with Crippen LogP contribution in [-0.4, -0.2) is 22.9 Å². The molecular weight excluding hydrogens is 322 g/mol. The van der Waals surface area contributed by atoms with Crippen LogP contribution in [0.1, 0.15) is 31.3 Å². The molecule has 1 atom stereocenters. The standard InChI is InChI=1S/C14H18BrN3O2/c1-8(2)19-7-12(16)13-17-14(20-18-13)10-4-5-11(15)9(3)6-10/h4-6,8,12H,7,16H2,1-3H3. The fourth-order valence-corrected chi connectivity index (χ4v) is 1.90. The van der Waals surface area contributed by atoms with Gasteiger partial charge in [0.15, 0.2) is 5.82 Å². The van der Waals surface area contributed by atoms with Crippen LogP contribution in [0, 0.1) is 6.92 Å². The Balaban J connectivity index is 2.13. The highest BCUT2D eigenvalue weighted by Gasteiger charge is 2.16. The van der Waals surface area contributed by atoms with Crippen LogP contribution in [0.2, 0.25) is 0 Å². The lowest BCUT2D eigenvalue weighted by molar-refractivity contribution is 0.0665. The van der Waals surface area contributed by atoms with Crippen LogP contribution < -0.4 is 5.73 Å². The molecule has 0 bridgehead atoms. The number of nitrogens with zero attached hydrogens (tertiary/aromatic N) is 2. The van der Waals surface area contributed by atoms with Gasteiger partial charge >= 0.3 is 0 Å². The molecule has 0 saturated carbocycles. The Morgan fingerprint density at radius 1 is 1.40 bits per heavy atom. The Morgan fingerprint density at radius 3 is 2.80 bits per heavy atom. The van der Waals surface area contributed by atoms with Gasteiger partial charge in [-0.1, -0.05) is 21.1 Å². The van der Waals surface area contributed by atoms with Gasteiger partial charge in [0.1, 0.15) is 0 Å². The summed E-state index contributed by atoms with van der Waals surface area (Å²) in [6.45, 7) is 6.29. The molecule has 0 aliphatic heterocycles. The van der Waals surface area contributed by atoms with E-state index in [1.807, 2.05) is 39.0 Å². The fourth-order valence-electron chi connectivity index (χ4n) is 1.65. The normalized spacial score (nSPS) is 12.9. The van der Waals surface area contributed by atoms with Gasteiger partial charge in [-0.3, -0.25) is 0 Å². The third-order valence-electron chi connectivity index (χ3n) is 2.79. The van der Waals surface area contributed by atoms with Crippen molar-refractivity contribution in [1.29, 1.82) is 0 Å². The van der Waals surface area contributed by atoms with E-state index in [1.165, 1.54) is 0 Å². The van der Waals surface area contributed by atoms with Crippen molar-refractivity contribution in [2.45, 2.75) is 32.9 Å². The van der Waals surface area contributed by atoms with E-state index in [1.54, 1.807) is 0 Å². The van der Waals surface area contributed by atoms with Crippen molar-refractivity contribution >= 4 is 15.9 Å². The minimum atomic E-state index is -0.383. The molecule has 20 heavy (non-hydrogen) atoms. The molecule has 2 aromatic rings. The topological polar surface area (TPSA) is 74.2 Å². The highest BCUT2D eigenvalue weighted by molar-refractivity contribution is 9.10. The number of aryl methyl sites for hydroxylation is 1. The summed E-state index contributed by atoms with van der Waals surface area (Å²) in [5.41, 5.74) is 7.95. The number of nitrogens with two attached hydrogens (primary N) is 1. The summed E-state index contributed by atoms with van der Waals surface area (Å²) in [4.78, 5) is 4.33. The molecule has 108 valence electrons. The first kappa shape index (κ1) is 15.2. The van der Waals surface area contributed by atoms with Gasteiger partial charge in [0.25, 0.3) is 5.89 Å². The number of rotatable bonds is 5. The molecule has 5 nitrogen and oxygen atoms in total. The maximum absolute atomic E-state index is 5.97. The van der Waals surface area contributed by atoms with E-state index in [2.05, 4.69) is 26.1 Å². The number of hydrogen-bond acceptors (Lipinski definition) is 5. The molecule has 1 heterocycles. The van der Waals surface area contributed by atoms with Crippen LogP contribution in [0.3, 0.4) is 0 Å². The summed E-state index contributed by atoms with van der Waals surface area (Å²) in [5.74, 6) is 0.928. The lowest BCUT2D eigenvalue weighted by atomic mass is 10.1. The molecule has 0 aliphatic rings. The van der Waals surface area contributed by atoms with Gasteiger partial charge < -0.3 is 15.0 Å². The van der Waals surface area contributed by atoms with E-state index in [-0.39, 0.29) is 12.1 Å². The van der Waals surface area contributed by atoms with Crippen molar-refractivity contribution in [3.63, 3.8) is 0 Å². The Bertz CT molecular complexity index is 584. The molecule has 6 heteroatoms. The zero-order valence-electron chi connectivity index (χ0n) is 11.8. The summed E-state index contributed by atoms with van der Waals surface area (Å²) in [5, 5.41) is 3.92. The van der Waals surface area contributed by atoms with Gasteiger partial charge in [-0.2, -0.15) is 4.98 Å². The Hall–Kier alpha value is -1.24. The molecular formula is C14H18BrN3O2. The highest BCUT2D eigenvalue weighted by Crippen LogP contribution is 2.24. The van der Waals surface area contributed by atoms with Crippen LogP contribution >= 0.6 is 15.9 Å². The monoisotopic (exact) mass is 339 g/mol. The van der Waals surface area contributed by atoms with Crippen LogP contribution in [-0.2, 0) is 4.74 Å². The maximum Gasteiger partial charge on any atom is 0.257 e. The molecule has 1 aromatic carbocycles. The van der Waals surface area contributed by atoms with Crippen LogP contribution in [0.25, 0.3) is 11.5 Å². The van der Waals surface area contributed by atoms with Crippen molar-refractivity contribution < 1.29 is 9.26 Å². The fraction of sp³-hybridized carbons (Fsp3) is 0.429. The molecule has 1 aromatic heterocycles. The molecule has 1 unspecified atom stereocenters. The zero-order valence-corrected chi connectivity index (χ0v) is 13.3. The molecule has 2 rings (SSSR count). The molecule has 0 fully saturated rings. The van der Waals surface area contributed by atoms with E-state index in [9.17, 15) is 0 Å². The summed E-state index contributed by atoms with van der Waals surface area (Å²) in [6.07, 6.45) is 0.126. The number of halogens is 1. The van der Waals surface area contributed by atoms with Gasteiger partial charge in [-0.05, 0) is 44.5 Å². The van der Waals surface area contributed by atoms with E-state index < -0.39 is 0 Å². The van der Waals surface area contributed by atoms with Crippen molar-refractivity contribution in [2.24, 2.45) is 5.73 Å². The van der Waals surface area contributed by atoms with Crippen LogP contribution in [0.15, 0.2) is 27.2 Å². The van der Waals surface area contributed by atoms with Crippen LogP contribution in [0.4, 0.5) is 0 Å². The predicted molar refractivity (Wildman–Crippen MR) is 80.2 cm³/mol. The average molecular weight is 340 g/mol. The van der Waals surface area contributed by atoms with Crippen molar-refractivity contribution in [3.8, 4) is 11.5 Å². The van der Waals surface area contributed by atoms with Gasteiger partial charge in [0.2, 0.25) is 0 Å². The SMILES string of the molecule is Cc1cc(-c2nc(C(N)COC(C)C)no2)ccc1Br. The minimum absolute atomic E-state index is 0.126. The predicted octanol–water partition coefficient (Wildman–Crippen LogP) is 3.23. The lowest BCUT2D eigenvalue weighted by Crippen LogP contribution is -2.20. The largest absolute Gasteiger partial charge is 0.377 e. The third kappa shape index (κ3) is 3.65. The first-order valence-electron chi connectivity index (χ1n) is 6.44. The van der Waals surface area contributed by atoms with Crippen molar-refractivity contribution in [3.05, 3.63) is 34.1 Å². The number of hydrogen-bond donors (Lipinski definition) is 1. The second-order valence-corrected chi connectivity index (χ2v) is 5.76. The quantitative estimate of drug-likeness (QED) is 0.904. The Morgan fingerprint density at radius 2 is 2.15 bits per heavy atom. The van der Waals surface area contributed by atoms with Gasteiger partial charge in [-0.25, -0.2) is 0 Å². The Labute approximate surface area is 126 Å². The summed E-state index contributed by atoms with van der Waals surface area (Å²) in [7, 11) is 0. The lowest BCUT2D eigenvalue weighted by Gasteiger charge is -2.10. The van der Waals surface area contributed by atoms with E-state index in [0.29, 0.717) is 18.3 Å². The number of benzene rings is 1. The first-order chi connectivity index (χ1) is 9.47. The molecule has 0 aliphatic carbocycles. The van der Waals surface area contributed by atoms with E-state index >= 15 is 0 Å². The zero-order chi connectivity index (χ0) is 14.7. The summed E-state index contributed by atoms with van der Waals surface area (Å²) >= 11 is 3.46. The summed E-state index contributed by atoms with van der Waals surface area (Å²) < 4.78 is 11.8. The molecule has 0 spiro atoms. The van der Waals surface area contributed by atoms with E-state index in [4.69, 9.17) is 15.0 Å². The number of aromatic nitrogens is 2. The molecule has 2 N–H and O–H groups in total. The van der Waals surface area contributed by atoms with Crippen LogP contribution in [0.5, 0.6) is 0 Å². The smallest absolute Gasteiger partial charge is 0.257 e. The van der Waals surface area contributed by atoms with Crippen molar-refractivity contribution in [2.75, 3.05) is 6.61 Å². The van der Waals surface area contributed by atoms with Crippen molar-refractivity contribution in [1.82, 2.24) is 10.1 Å². The second-order valence-electron chi connectivity index (χ2n) is 4.91. The Kier molecular flexibility index (Phi) is 4.91. The van der Waals surface area contributed by atoms with E-state index in [0.717, 1.165) is 15.6 Å². The molecule has 0 radical (unpaired) electrons. The number of ether oxygens (including phenoxy) is 1. The second kappa shape index (κ2) is 6.47. The van der Waals surface area contributed by atoms with Gasteiger partial charge in [0, 0.05) is 10.0 Å². The average Bonchev–Trinajstić information content (AvgIpc) is 2.89. The first-order valence-corrected chi connectivity index (χ1v) is 7.24. The molecule has 0 saturated heterocycles. The minimum Gasteiger partial charge on any atom is -0.377 e. The van der Waals surface area contributed by atoms with Gasteiger partial charge in [0.05, 0.1) is 18.8 Å². The highest BCUT2D eigenvalue weighted by atomic mass is 79.9.